The number of methoxy groups -OCH3 is 1. The van der Waals surface area contributed by atoms with Gasteiger partial charge in [0.15, 0.2) is 6.10 Å². The van der Waals surface area contributed by atoms with Crippen molar-refractivity contribution in [3.05, 3.63) is 29.8 Å². The molecule has 0 N–H and O–H groups in total. The number of aliphatic carboxylic acids is 1. The number of nitrogens with zero attached hydrogens (tertiary/aromatic N) is 1. The summed E-state index contributed by atoms with van der Waals surface area (Å²) in [6.45, 7) is 0. The monoisotopic (exact) mass is 220 g/mol. The summed E-state index contributed by atoms with van der Waals surface area (Å²) in [5.41, 5.74) is 1.31. The molecule has 1 atom stereocenters. The van der Waals surface area contributed by atoms with E-state index in [1.54, 1.807) is 19.2 Å². The highest BCUT2D eigenvalue weighted by atomic mass is 16.7. The van der Waals surface area contributed by atoms with Crippen LogP contribution >= 0.6 is 0 Å². The lowest BCUT2D eigenvalue weighted by molar-refractivity contribution is -0.315. The summed E-state index contributed by atoms with van der Waals surface area (Å²) in [5, 5.41) is 14.3. The van der Waals surface area contributed by atoms with Crippen LogP contribution in [-0.2, 0) is 9.63 Å². The van der Waals surface area contributed by atoms with Gasteiger partial charge in [0.05, 0.1) is 18.8 Å². The molecule has 0 unspecified atom stereocenters. The number of hydrogen-bond donors (Lipinski definition) is 0. The molecule has 5 heteroatoms. The van der Waals surface area contributed by atoms with E-state index >= 15 is 0 Å². The molecule has 84 valence electrons. The first kappa shape index (κ1) is 10.5. The van der Waals surface area contributed by atoms with Gasteiger partial charge in [0, 0.05) is 12.0 Å². The van der Waals surface area contributed by atoms with Crippen LogP contribution in [0.1, 0.15) is 12.0 Å². The minimum atomic E-state index is -1.26. The van der Waals surface area contributed by atoms with E-state index in [2.05, 4.69) is 5.16 Å². The maximum Gasteiger partial charge on any atom is 0.172 e. The Balaban J connectivity index is 2.23. The summed E-state index contributed by atoms with van der Waals surface area (Å²) in [7, 11) is 1.55. The molecular weight excluding hydrogens is 210 g/mol. The van der Waals surface area contributed by atoms with Crippen molar-refractivity contribution >= 4 is 11.7 Å². The molecule has 0 saturated heterocycles. The zero-order valence-electron chi connectivity index (χ0n) is 8.67. The van der Waals surface area contributed by atoms with Gasteiger partial charge >= 0.3 is 0 Å². The van der Waals surface area contributed by atoms with Crippen LogP contribution in [0.25, 0.3) is 0 Å². The highest BCUT2D eigenvalue weighted by Crippen LogP contribution is 2.24. The van der Waals surface area contributed by atoms with Crippen LogP contribution in [0.3, 0.4) is 0 Å². The quantitative estimate of drug-likeness (QED) is 0.715. The van der Waals surface area contributed by atoms with Crippen LogP contribution in [0, 0.1) is 0 Å². The topological polar surface area (TPSA) is 71.0 Å². The number of carboxylic acid groups (broad SMARTS) is 1. The second-order valence-corrected chi connectivity index (χ2v) is 3.36. The fraction of sp³-hybridized carbons (Fsp3) is 0.273. The average Bonchev–Trinajstić information content (AvgIpc) is 2.78. The van der Waals surface area contributed by atoms with Crippen molar-refractivity contribution < 1.29 is 19.5 Å². The number of rotatable bonds is 3. The number of carboxylic acids is 1. The third-order valence-corrected chi connectivity index (χ3v) is 2.35. The van der Waals surface area contributed by atoms with Crippen molar-refractivity contribution in [2.24, 2.45) is 5.16 Å². The average molecular weight is 220 g/mol. The van der Waals surface area contributed by atoms with Crippen molar-refractivity contribution in [2.75, 3.05) is 7.11 Å². The number of carbonyl (C=O) groups is 1. The van der Waals surface area contributed by atoms with Crippen LogP contribution in [0.15, 0.2) is 29.4 Å². The first-order chi connectivity index (χ1) is 7.72. The molecule has 5 nitrogen and oxygen atoms in total. The van der Waals surface area contributed by atoms with Crippen molar-refractivity contribution in [1.29, 1.82) is 0 Å². The summed E-state index contributed by atoms with van der Waals surface area (Å²) in [6, 6.07) is 7.24. The van der Waals surface area contributed by atoms with E-state index < -0.39 is 12.1 Å². The Morgan fingerprint density at radius 1 is 1.56 bits per heavy atom. The molecule has 0 fully saturated rings. The van der Waals surface area contributed by atoms with Gasteiger partial charge in [0.1, 0.15) is 5.75 Å². The van der Waals surface area contributed by atoms with Gasteiger partial charge in [-0.1, -0.05) is 17.3 Å². The lowest BCUT2D eigenvalue weighted by Crippen LogP contribution is -2.35. The third kappa shape index (κ3) is 1.84. The largest absolute Gasteiger partial charge is 0.546 e. The molecule has 0 radical (unpaired) electrons. The molecule has 0 aromatic heterocycles. The summed E-state index contributed by atoms with van der Waals surface area (Å²) in [4.78, 5) is 15.3. The molecule has 1 aliphatic heterocycles. The molecule has 0 amide bonds. The number of carbonyl (C=O) groups excluding carboxylic acids is 1. The fourth-order valence-electron chi connectivity index (χ4n) is 1.55. The summed E-state index contributed by atoms with van der Waals surface area (Å²) in [5.74, 6) is -0.613. The van der Waals surface area contributed by atoms with Gasteiger partial charge in [-0.25, -0.2) is 0 Å². The molecule has 0 spiro atoms. The molecule has 1 aromatic carbocycles. The Morgan fingerprint density at radius 2 is 2.31 bits per heavy atom. The Labute approximate surface area is 92.3 Å². The minimum Gasteiger partial charge on any atom is -0.546 e. The lowest BCUT2D eigenvalue weighted by atomic mass is 10.0. The van der Waals surface area contributed by atoms with Crippen molar-refractivity contribution in [1.82, 2.24) is 0 Å². The van der Waals surface area contributed by atoms with Crippen LogP contribution in [0.4, 0.5) is 0 Å². The standard InChI is InChI=1S/C11H11NO4/c1-15-9-5-3-2-4-7(9)8-6-10(11(13)14)16-12-8/h2-5,10H,6H2,1H3,(H,13,14)/p-1/t10-/m0/s1. The third-order valence-electron chi connectivity index (χ3n) is 2.35. The molecule has 0 saturated carbocycles. The fourth-order valence-corrected chi connectivity index (χ4v) is 1.55. The second kappa shape index (κ2) is 4.22. The Bertz CT molecular complexity index is 441. The molecule has 0 aliphatic carbocycles. The van der Waals surface area contributed by atoms with Crippen molar-refractivity contribution in [3.63, 3.8) is 0 Å². The molecular formula is C11H10NO4-. The summed E-state index contributed by atoms with van der Waals surface area (Å²) >= 11 is 0. The van der Waals surface area contributed by atoms with Crippen LogP contribution in [0.2, 0.25) is 0 Å². The maximum atomic E-state index is 10.6. The number of para-hydroxylation sites is 1. The van der Waals surface area contributed by atoms with Gasteiger partial charge in [0.2, 0.25) is 0 Å². The second-order valence-electron chi connectivity index (χ2n) is 3.36. The SMILES string of the molecule is COc1ccccc1C1=NO[C@H](C(=O)[O-])C1. The van der Waals surface area contributed by atoms with Crippen molar-refractivity contribution in [2.45, 2.75) is 12.5 Å². The number of oxime groups is 1. The highest BCUT2D eigenvalue weighted by Gasteiger charge is 2.24. The minimum absolute atomic E-state index is 0.197. The first-order valence-electron chi connectivity index (χ1n) is 4.79. The van der Waals surface area contributed by atoms with E-state index in [0.29, 0.717) is 11.5 Å². The molecule has 0 bridgehead atoms. The smallest absolute Gasteiger partial charge is 0.172 e. The van der Waals surface area contributed by atoms with E-state index in [4.69, 9.17) is 9.57 Å². The zero-order chi connectivity index (χ0) is 11.5. The number of benzene rings is 1. The summed E-state index contributed by atoms with van der Waals surface area (Å²) in [6.07, 6.45) is -0.803. The Kier molecular flexibility index (Phi) is 2.76. The first-order valence-corrected chi connectivity index (χ1v) is 4.79. The predicted molar refractivity (Wildman–Crippen MR) is 54.0 cm³/mol. The van der Waals surface area contributed by atoms with Crippen LogP contribution < -0.4 is 9.84 Å². The zero-order valence-corrected chi connectivity index (χ0v) is 8.67. The van der Waals surface area contributed by atoms with Gasteiger partial charge in [0.25, 0.3) is 0 Å². The molecule has 2 rings (SSSR count). The van der Waals surface area contributed by atoms with E-state index in [1.807, 2.05) is 12.1 Å². The maximum absolute atomic E-state index is 10.6. The van der Waals surface area contributed by atoms with Gasteiger partial charge < -0.3 is 19.5 Å². The van der Waals surface area contributed by atoms with E-state index in [-0.39, 0.29) is 6.42 Å². The van der Waals surface area contributed by atoms with Gasteiger partial charge in [-0.2, -0.15) is 0 Å². The lowest BCUT2D eigenvalue weighted by Gasteiger charge is -2.08. The Morgan fingerprint density at radius 3 is 2.94 bits per heavy atom. The highest BCUT2D eigenvalue weighted by molar-refractivity contribution is 6.05. The van der Waals surface area contributed by atoms with Crippen molar-refractivity contribution in [3.8, 4) is 5.75 Å². The number of ether oxygens (including phenoxy) is 1. The summed E-state index contributed by atoms with van der Waals surface area (Å²) < 4.78 is 5.15. The normalized spacial score (nSPS) is 18.8. The molecule has 1 heterocycles. The van der Waals surface area contributed by atoms with Gasteiger partial charge in [-0.15, -0.1) is 0 Å². The van der Waals surface area contributed by atoms with E-state index in [9.17, 15) is 9.90 Å². The van der Waals surface area contributed by atoms with Crippen LogP contribution in [0.5, 0.6) is 5.75 Å². The van der Waals surface area contributed by atoms with Crippen LogP contribution in [-0.4, -0.2) is 24.9 Å². The van der Waals surface area contributed by atoms with Gasteiger partial charge in [-0.3, -0.25) is 0 Å². The Hall–Kier alpha value is -2.04. The van der Waals surface area contributed by atoms with E-state index in [0.717, 1.165) is 5.56 Å². The van der Waals surface area contributed by atoms with E-state index in [1.165, 1.54) is 0 Å². The molecule has 16 heavy (non-hydrogen) atoms. The molecule has 1 aliphatic rings. The predicted octanol–water partition coefficient (Wildman–Crippen LogP) is -0.0619. The molecule has 1 aromatic rings. The number of hydrogen-bond acceptors (Lipinski definition) is 5. The van der Waals surface area contributed by atoms with Gasteiger partial charge in [-0.05, 0) is 12.1 Å².